The van der Waals surface area contributed by atoms with Gasteiger partial charge < -0.3 is 14.2 Å². The van der Waals surface area contributed by atoms with Gasteiger partial charge in [0.05, 0.1) is 18.7 Å². The molecule has 1 unspecified atom stereocenters. The lowest BCUT2D eigenvalue weighted by Gasteiger charge is -2.29. The van der Waals surface area contributed by atoms with Gasteiger partial charge in [-0.25, -0.2) is 4.79 Å². The molecule has 186 valence electrons. The number of carbonyl (C=O) groups is 3. The van der Waals surface area contributed by atoms with Gasteiger partial charge in [0.25, 0.3) is 5.91 Å². The lowest BCUT2D eigenvalue weighted by Crippen LogP contribution is -2.44. The number of hydrogen-bond acceptors (Lipinski definition) is 4. The molecule has 34 heavy (non-hydrogen) atoms. The first kappa shape index (κ1) is 27.1. The van der Waals surface area contributed by atoms with E-state index in [9.17, 15) is 27.6 Å². The summed E-state index contributed by atoms with van der Waals surface area (Å²) in [6.07, 6.45) is -3.91. The molecule has 0 N–H and O–H groups in total. The monoisotopic (exact) mass is 480 g/mol. The Bertz CT molecular complexity index is 1070. The molecule has 0 aliphatic rings. The van der Waals surface area contributed by atoms with Crippen LogP contribution in [0.15, 0.2) is 24.3 Å². The fraction of sp³-hybridized carbons (Fsp3) is 0.480. The van der Waals surface area contributed by atoms with E-state index in [1.807, 2.05) is 13.8 Å². The Hall–Kier alpha value is -3.10. The summed E-state index contributed by atoms with van der Waals surface area (Å²) < 4.78 is 45.2. The van der Waals surface area contributed by atoms with E-state index in [1.165, 1.54) is 12.0 Å². The molecule has 0 aliphatic heterocycles. The predicted octanol–water partition coefficient (Wildman–Crippen LogP) is 5.21. The fourth-order valence-corrected chi connectivity index (χ4v) is 3.91. The first-order valence-electron chi connectivity index (χ1n) is 11.0. The predicted molar refractivity (Wildman–Crippen MR) is 122 cm³/mol. The number of ether oxygens (including phenoxy) is 1. The van der Waals surface area contributed by atoms with E-state index in [2.05, 4.69) is 0 Å². The van der Waals surface area contributed by atoms with Crippen LogP contribution in [-0.4, -0.2) is 46.8 Å². The van der Waals surface area contributed by atoms with Crippen molar-refractivity contribution < 1.29 is 32.3 Å². The molecule has 6 nitrogen and oxygen atoms in total. The standard InChI is InChI=1S/C25H31F3N2O4/c1-14(2)12-13-30(23(32)18-8-10-19(11-9-18)25(26,27)28)17(5)22(31)20-15(3)21(24(33)34-7)29(6)16(20)4/h8-11,14,17H,12-13H2,1-7H3. The first-order chi connectivity index (χ1) is 15.7. The van der Waals surface area contributed by atoms with Gasteiger partial charge in [-0.15, -0.1) is 0 Å². The van der Waals surface area contributed by atoms with Gasteiger partial charge in [-0.1, -0.05) is 13.8 Å². The molecule has 1 aromatic heterocycles. The fourth-order valence-electron chi connectivity index (χ4n) is 3.91. The number of amides is 1. The second-order valence-electron chi connectivity index (χ2n) is 8.78. The maximum Gasteiger partial charge on any atom is 0.416 e. The summed E-state index contributed by atoms with van der Waals surface area (Å²) in [5, 5.41) is 0. The van der Waals surface area contributed by atoms with Gasteiger partial charge in [-0.05, 0) is 62.9 Å². The molecule has 0 saturated carbocycles. The van der Waals surface area contributed by atoms with Gasteiger partial charge in [0.15, 0.2) is 5.78 Å². The first-order valence-corrected chi connectivity index (χ1v) is 11.0. The summed E-state index contributed by atoms with van der Waals surface area (Å²) in [4.78, 5) is 40.5. The number of hydrogen-bond donors (Lipinski definition) is 0. The Morgan fingerprint density at radius 3 is 2.09 bits per heavy atom. The Kier molecular flexibility index (Phi) is 8.34. The lowest BCUT2D eigenvalue weighted by atomic mass is 9.98. The number of methoxy groups -OCH3 is 1. The highest BCUT2D eigenvalue weighted by Gasteiger charge is 2.34. The Morgan fingerprint density at radius 1 is 1.06 bits per heavy atom. The van der Waals surface area contributed by atoms with E-state index < -0.39 is 29.7 Å². The van der Waals surface area contributed by atoms with Gasteiger partial charge >= 0.3 is 12.1 Å². The zero-order chi connectivity index (χ0) is 26.0. The summed E-state index contributed by atoms with van der Waals surface area (Å²) in [5.74, 6) is -1.23. The minimum atomic E-state index is -4.51. The summed E-state index contributed by atoms with van der Waals surface area (Å²) in [6.45, 7) is 9.14. The van der Waals surface area contributed by atoms with Crippen molar-refractivity contribution in [2.75, 3.05) is 13.7 Å². The highest BCUT2D eigenvalue weighted by molar-refractivity contribution is 6.07. The van der Waals surface area contributed by atoms with Crippen molar-refractivity contribution in [3.05, 3.63) is 57.9 Å². The molecule has 2 aromatic rings. The van der Waals surface area contributed by atoms with Crippen LogP contribution in [0.25, 0.3) is 0 Å². The van der Waals surface area contributed by atoms with Crippen LogP contribution in [0.1, 0.15) is 75.2 Å². The molecular formula is C25H31F3N2O4. The van der Waals surface area contributed by atoms with E-state index >= 15 is 0 Å². The normalized spacial score (nSPS) is 12.6. The van der Waals surface area contributed by atoms with Gasteiger partial charge in [-0.3, -0.25) is 9.59 Å². The second kappa shape index (κ2) is 10.4. The van der Waals surface area contributed by atoms with E-state index in [1.54, 1.807) is 32.4 Å². The topological polar surface area (TPSA) is 68.6 Å². The maximum atomic E-state index is 13.6. The van der Waals surface area contributed by atoms with Crippen molar-refractivity contribution in [1.82, 2.24) is 9.47 Å². The van der Waals surface area contributed by atoms with Crippen LogP contribution in [0.3, 0.4) is 0 Å². The molecule has 2 rings (SSSR count). The number of aromatic nitrogens is 1. The number of rotatable bonds is 8. The van der Waals surface area contributed by atoms with Gasteiger partial charge in [0.1, 0.15) is 5.69 Å². The van der Waals surface area contributed by atoms with Crippen molar-refractivity contribution in [1.29, 1.82) is 0 Å². The zero-order valence-electron chi connectivity index (χ0n) is 20.5. The van der Waals surface area contributed by atoms with Crippen molar-refractivity contribution in [2.24, 2.45) is 13.0 Å². The van der Waals surface area contributed by atoms with Crippen LogP contribution in [0, 0.1) is 19.8 Å². The van der Waals surface area contributed by atoms with Crippen molar-refractivity contribution in [3.8, 4) is 0 Å². The molecule has 0 radical (unpaired) electrons. The number of benzene rings is 1. The molecule has 1 aromatic carbocycles. The van der Waals surface area contributed by atoms with Crippen LogP contribution >= 0.6 is 0 Å². The number of halogens is 3. The molecular weight excluding hydrogens is 449 g/mol. The molecule has 1 atom stereocenters. The number of esters is 1. The molecule has 0 aliphatic carbocycles. The third-order valence-corrected chi connectivity index (χ3v) is 6.07. The molecule has 0 fully saturated rings. The van der Waals surface area contributed by atoms with E-state index in [-0.39, 0.29) is 29.5 Å². The summed E-state index contributed by atoms with van der Waals surface area (Å²) in [7, 11) is 2.91. The Morgan fingerprint density at radius 2 is 1.62 bits per heavy atom. The average molecular weight is 481 g/mol. The minimum absolute atomic E-state index is 0.0631. The van der Waals surface area contributed by atoms with Crippen molar-refractivity contribution in [2.45, 2.75) is 53.3 Å². The van der Waals surface area contributed by atoms with E-state index in [4.69, 9.17) is 4.74 Å². The third kappa shape index (κ3) is 5.51. The van der Waals surface area contributed by atoms with Gasteiger partial charge in [0, 0.05) is 30.4 Å². The summed E-state index contributed by atoms with van der Waals surface area (Å²) >= 11 is 0. The lowest BCUT2D eigenvalue weighted by molar-refractivity contribution is -0.137. The SMILES string of the molecule is COC(=O)c1c(C)c(C(=O)C(C)N(CCC(C)C)C(=O)c2ccc(C(F)(F)F)cc2)c(C)n1C. The molecule has 1 heterocycles. The number of Topliss-reactive ketones (excluding diaryl/α,β-unsaturated/α-hetero) is 1. The van der Waals surface area contributed by atoms with Gasteiger partial charge in [-0.2, -0.15) is 13.2 Å². The largest absolute Gasteiger partial charge is 0.464 e. The molecule has 0 saturated heterocycles. The third-order valence-electron chi connectivity index (χ3n) is 6.07. The minimum Gasteiger partial charge on any atom is -0.464 e. The molecule has 9 heteroatoms. The molecule has 0 bridgehead atoms. The summed E-state index contributed by atoms with van der Waals surface area (Å²) in [6, 6.07) is 3.06. The van der Waals surface area contributed by atoms with Crippen molar-refractivity contribution in [3.63, 3.8) is 0 Å². The number of ketones is 1. The Balaban J connectivity index is 2.46. The number of carbonyl (C=O) groups excluding carboxylic acids is 3. The highest BCUT2D eigenvalue weighted by Crippen LogP contribution is 2.30. The van der Waals surface area contributed by atoms with Crippen LogP contribution in [0.5, 0.6) is 0 Å². The quantitative estimate of drug-likeness (QED) is 0.384. The average Bonchev–Trinajstić information content (AvgIpc) is 2.99. The molecule has 0 spiro atoms. The van der Waals surface area contributed by atoms with Crippen LogP contribution in [0.4, 0.5) is 13.2 Å². The van der Waals surface area contributed by atoms with E-state index in [0.717, 1.165) is 24.3 Å². The Labute approximate surface area is 197 Å². The van der Waals surface area contributed by atoms with Gasteiger partial charge in [0.2, 0.25) is 0 Å². The van der Waals surface area contributed by atoms with Crippen LogP contribution < -0.4 is 0 Å². The van der Waals surface area contributed by atoms with Crippen molar-refractivity contribution >= 4 is 17.7 Å². The maximum absolute atomic E-state index is 13.6. The highest BCUT2D eigenvalue weighted by atomic mass is 19.4. The second-order valence-corrected chi connectivity index (χ2v) is 8.78. The van der Waals surface area contributed by atoms with Crippen LogP contribution in [0.2, 0.25) is 0 Å². The number of alkyl halides is 3. The molecule has 1 amide bonds. The summed E-state index contributed by atoms with van der Waals surface area (Å²) in [5.41, 5.74) is 0.791. The smallest absolute Gasteiger partial charge is 0.416 e. The van der Waals surface area contributed by atoms with Crippen LogP contribution in [-0.2, 0) is 18.0 Å². The number of nitrogens with zero attached hydrogens (tertiary/aromatic N) is 2. The zero-order valence-corrected chi connectivity index (χ0v) is 20.5. The van der Waals surface area contributed by atoms with E-state index in [0.29, 0.717) is 23.2 Å².